The first kappa shape index (κ1) is 14.2. The van der Waals surface area contributed by atoms with Gasteiger partial charge >= 0.3 is 0 Å². The topological polar surface area (TPSA) is 29.5 Å². The van der Waals surface area contributed by atoms with Crippen LogP contribution in [0.5, 0.6) is 5.75 Å². The van der Waals surface area contributed by atoms with Gasteiger partial charge in [-0.25, -0.2) is 0 Å². The maximum atomic E-state index is 10.2. The quantitative estimate of drug-likeness (QED) is 0.912. The molecule has 100 valence electrons. The van der Waals surface area contributed by atoms with Gasteiger partial charge in [-0.15, -0.1) is 0 Å². The highest BCUT2D eigenvalue weighted by Crippen LogP contribution is 2.26. The Bertz CT molecular complexity index is 553. The van der Waals surface area contributed by atoms with Crippen LogP contribution in [0.1, 0.15) is 17.2 Å². The van der Waals surface area contributed by atoms with Crippen molar-refractivity contribution in [1.82, 2.24) is 0 Å². The van der Waals surface area contributed by atoms with Gasteiger partial charge in [0.05, 0.1) is 23.3 Å². The number of hydrogen-bond donors (Lipinski definition) is 1. The second kappa shape index (κ2) is 6.29. The lowest BCUT2D eigenvalue weighted by molar-refractivity contribution is 0.178. The zero-order valence-electron chi connectivity index (χ0n) is 10.4. The smallest absolute Gasteiger partial charge is 0.118 e. The van der Waals surface area contributed by atoms with Crippen molar-refractivity contribution in [3.63, 3.8) is 0 Å². The maximum Gasteiger partial charge on any atom is 0.118 e. The zero-order valence-corrected chi connectivity index (χ0v) is 11.9. The highest BCUT2D eigenvalue weighted by atomic mass is 35.5. The Balaban J connectivity index is 2.10. The molecule has 2 aromatic carbocycles. The van der Waals surface area contributed by atoms with Crippen LogP contribution in [0, 0.1) is 0 Å². The molecule has 0 radical (unpaired) electrons. The van der Waals surface area contributed by atoms with E-state index in [0.717, 1.165) is 16.9 Å². The van der Waals surface area contributed by atoms with Gasteiger partial charge in [0.1, 0.15) is 5.75 Å². The third kappa shape index (κ3) is 3.63. The lowest BCUT2D eigenvalue weighted by Gasteiger charge is -2.12. The van der Waals surface area contributed by atoms with Gasteiger partial charge in [-0.3, -0.25) is 0 Å². The van der Waals surface area contributed by atoms with Crippen LogP contribution in [-0.2, 0) is 6.42 Å². The molecule has 19 heavy (non-hydrogen) atoms. The average molecular weight is 297 g/mol. The number of hydrogen-bond acceptors (Lipinski definition) is 2. The zero-order chi connectivity index (χ0) is 13.8. The molecule has 0 bridgehead atoms. The van der Waals surface area contributed by atoms with Crippen molar-refractivity contribution in [2.75, 3.05) is 7.11 Å². The SMILES string of the molecule is COc1ccc(C(O)Cc2ccc(Cl)c(Cl)c2)cc1. The van der Waals surface area contributed by atoms with E-state index in [9.17, 15) is 5.11 Å². The number of halogens is 2. The number of benzene rings is 2. The van der Waals surface area contributed by atoms with Crippen LogP contribution in [0.2, 0.25) is 10.0 Å². The third-order valence-corrected chi connectivity index (χ3v) is 3.65. The molecule has 4 heteroatoms. The first-order valence-electron chi connectivity index (χ1n) is 5.86. The molecule has 0 aliphatic carbocycles. The molecule has 1 atom stereocenters. The number of aliphatic hydroxyl groups excluding tert-OH is 1. The van der Waals surface area contributed by atoms with Gasteiger partial charge in [-0.1, -0.05) is 41.4 Å². The number of methoxy groups -OCH3 is 1. The van der Waals surface area contributed by atoms with Crippen molar-refractivity contribution in [2.45, 2.75) is 12.5 Å². The van der Waals surface area contributed by atoms with Crippen LogP contribution in [0.4, 0.5) is 0 Å². The largest absolute Gasteiger partial charge is 0.497 e. The molecular weight excluding hydrogens is 283 g/mol. The van der Waals surface area contributed by atoms with E-state index in [1.165, 1.54) is 0 Å². The van der Waals surface area contributed by atoms with Gasteiger partial charge in [0.15, 0.2) is 0 Å². The second-order valence-electron chi connectivity index (χ2n) is 4.24. The monoisotopic (exact) mass is 296 g/mol. The average Bonchev–Trinajstić information content (AvgIpc) is 2.43. The summed E-state index contributed by atoms with van der Waals surface area (Å²) in [5, 5.41) is 11.2. The Morgan fingerprint density at radius 1 is 1.05 bits per heavy atom. The third-order valence-electron chi connectivity index (χ3n) is 2.91. The van der Waals surface area contributed by atoms with Gasteiger partial charge < -0.3 is 9.84 Å². The summed E-state index contributed by atoms with van der Waals surface area (Å²) in [5.41, 5.74) is 1.78. The van der Waals surface area contributed by atoms with E-state index in [1.807, 2.05) is 30.3 Å². The molecule has 0 saturated heterocycles. The highest BCUT2D eigenvalue weighted by molar-refractivity contribution is 6.42. The van der Waals surface area contributed by atoms with E-state index in [4.69, 9.17) is 27.9 Å². The molecule has 2 nitrogen and oxygen atoms in total. The molecule has 1 unspecified atom stereocenters. The Kier molecular flexibility index (Phi) is 4.70. The molecule has 0 saturated carbocycles. The summed E-state index contributed by atoms with van der Waals surface area (Å²) >= 11 is 11.8. The highest BCUT2D eigenvalue weighted by Gasteiger charge is 2.10. The van der Waals surface area contributed by atoms with Gasteiger partial charge in [0.25, 0.3) is 0 Å². The summed E-state index contributed by atoms with van der Waals surface area (Å²) in [4.78, 5) is 0. The standard InChI is InChI=1S/C15H14Cl2O2/c1-19-12-5-3-11(4-6-12)15(18)9-10-2-7-13(16)14(17)8-10/h2-8,15,18H,9H2,1H3. The predicted molar refractivity (Wildman–Crippen MR) is 78.1 cm³/mol. The second-order valence-corrected chi connectivity index (χ2v) is 5.06. The molecule has 1 N–H and O–H groups in total. The Hall–Kier alpha value is -1.22. The van der Waals surface area contributed by atoms with Crippen LogP contribution in [0.15, 0.2) is 42.5 Å². The van der Waals surface area contributed by atoms with Crippen LogP contribution in [-0.4, -0.2) is 12.2 Å². The number of ether oxygens (including phenoxy) is 1. The van der Waals surface area contributed by atoms with Crippen molar-refractivity contribution in [1.29, 1.82) is 0 Å². The van der Waals surface area contributed by atoms with Crippen LogP contribution in [0.25, 0.3) is 0 Å². The normalized spacial score (nSPS) is 12.2. The van der Waals surface area contributed by atoms with Gasteiger partial charge in [-0.05, 0) is 35.4 Å². The van der Waals surface area contributed by atoms with Crippen molar-refractivity contribution < 1.29 is 9.84 Å². The van der Waals surface area contributed by atoms with Crippen LogP contribution >= 0.6 is 23.2 Å². The number of aliphatic hydroxyl groups is 1. The lowest BCUT2D eigenvalue weighted by Crippen LogP contribution is -2.01. The molecule has 2 rings (SSSR count). The molecule has 2 aromatic rings. The summed E-state index contributed by atoms with van der Waals surface area (Å²) in [5.74, 6) is 0.769. The van der Waals surface area contributed by atoms with Gasteiger partial charge in [0.2, 0.25) is 0 Å². The Labute approximate surface area is 122 Å². The summed E-state index contributed by atoms with van der Waals surface area (Å²) in [6.07, 6.45) is -0.0911. The summed E-state index contributed by atoms with van der Waals surface area (Å²) < 4.78 is 5.08. The van der Waals surface area contributed by atoms with Crippen molar-refractivity contribution >= 4 is 23.2 Å². The molecule has 0 amide bonds. The van der Waals surface area contributed by atoms with E-state index < -0.39 is 6.10 Å². The minimum Gasteiger partial charge on any atom is -0.497 e. The molecule has 0 aromatic heterocycles. The molecule has 0 heterocycles. The van der Waals surface area contributed by atoms with Crippen LogP contribution < -0.4 is 4.74 Å². The van der Waals surface area contributed by atoms with Crippen LogP contribution in [0.3, 0.4) is 0 Å². The first-order chi connectivity index (χ1) is 9.10. The Morgan fingerprint density at radius 2 is 1.74 bits per heavy atom. The summed E-state index contributed by atoms with van der Waals surface area (Å²) in [6, 6.07) is 12.7. The van der Waals surface area contributed by atoms with Crippen molar-refractivity contribution in [2.24, 2.45) is 0 Å². The van der Waals surface area contributed by atoms with E-state index in [2.05, 4.69) is 0 Å². The fourth-order valence-electron chi connectivity index (χ4n) is 1.83. The summed E-state index contributed by atoms with van der Waals surface area (Å²) in [6.45, 7) is 0. The molecule has 0 spiro atoms. The minimum absolute atomic E-state index is 0.489. The van der Waals surface area contributed by atoms with E-state index in [1.54, 1.807) is 19.2 Å². The molecule has 0 aliphatic rings. The van der Waals surface area contributed by atoms with Crippen molar-refractivity contribution in [3.05, 3.63) is 63.6 Å². The predicted octanol–water partition coefficient (Wildman–Crippen LogP) is 4.28. The van der Waals surface area contributed by atoms with E-state index >= 15 is 0 Å². The van der Waals surface area contributed by atoms with Gasteiger partial charge in [-0.2, -0.15) is 0 Å². The molecule has 0 fully saturated rings. The fraction of sp³-hybridized carbons (Fsp3) is 0.200. The van der Waals surface area contributed by atoms with Crippen molar-refractivity contribution in [3.8, 4) is 5.75 Å². The fourth-order valence-corrected chi connectivity index (χ4v) is 2.15. The number of rotatable bonds is 4. The molecular formula is C15H14Cl2O2. The first-order valence-corrected chi connectivity index (χ1v) is 6.61. The Morgan fingerprint density at radius 3 is 2.32 bits per heavy atom. The maximum absolute atomic E-state index is 10.2. The van der Waals surface area contributed by atoms with E-state index in [-0.39, 0.29) is 0 Å². The molecule has 0 aliphatic heterocycles. The lowest BCUT2D eigenvalue weighted by atomic mass is 10.0. The van der Waals surface area contributed by atoms with E-state index in [0.29, 0.717) is 16.5 Å². The summed E-state index contributed by atoms with van der Waals surface area (Å²) in [7, 11) is 1.61. The van der Waals surface area contributed by atoms with Gasteiger partial charge in [0, 0.05) is 6.42 Å². The minimum atomic E-state index is -0.580.